The molecule has 226 valence electrons. The number of phenols is 1. The van der Waals surface area contributed by atoms with Gasteiger partial charge in [0.15, 0.2) is 0 Å². The Hall–Kier alpha value is -3.35. The molecule has 1 N–H and O–H groups in total. The molecule has 1 aliphatic rings. The number of phenolic OH excluding ortho intramolecular Hbond substituents is 1. The molecular weight excluding hydrogens is 569 g/mol. The number of aromatic hydroxyl groups is 1. The number of thioether (sulfide) groups is 1. The fourth-order valence-corrected chi connectivity index (χ4v) is 13.2. The van der Waals surface area contributed by atoms with Crippen molar-refractivity contribution >= 4 is 20.1 Å². The Morgan fingerprint density at radius 3 is 1.98 bits per heavy atom. The summed E-state index contributed by atoms with van der Waals surface area (Å²) in [5.74, 6) is 2.87. The van der Waals surface area contributed by atoms with Crippen LogP contribution in [0.5, 0.6) is 23.0 Å². The number of fused-ring (bicyclic) bond motifs is 1. The van der Waals surface area contributed by atoms with Gasteiger partial charge in [0.2, 0.25) is 0 Å². The minimum atomic E-state index is -2.05. The van der Waals surface area contributed by atoms with Crippen LogP contribution in [0, 0.1) is 6.92 Å². The minimum Gasteiger partial charge on any atom is -0.543 e. The lowest BCUT2D eigenvalue weighted by Gasteiger charge is -2.42. The van der Waals surface area contributed by atoms with Gasteiger partial charge in [-0.2, -0.15) is 0 Å². The molecule has 5 rings (SSSR count). The van der Waals surface area contributed by atoms with Crippen LogP contribution in [-0.4, -0.2) is 13.4 Å². The molecule has 0 bridgehead atoms. The van der Waals surface area contributed by atoms with E-state index < -0.39 is 8.32 Å². The SMILES string of the molecule is Cc1c(OCc2ccccc2)ccc2c1O[C@H](c1ccc(O)cc1)[C@H](c1ccc(O[Si](C(C)C)(C(C)C)C(C)C)cc1)S2. The van der Waals surface area contributed by atoms with Gasteiger partial charge in [0, 0.05) is 5.56 Å². The Balaban J connectivity index is 1.45. The summed E-state index contributed by atoms with van der Waals surface area (Å²) < 4.78 is 20.0. The van der Waals surface area contributed by atoms with Gasteiger partial charge >= 0.3 is 0 Å². The van der Waals surface area contributed by atoms with E-state index in [1.54, 1.807) is 12.1 Å². The molecule has 43 heavy (non-hydrogen) atoms. The van der Waals surface area contributed by atoms with E-state index in [0.29, 0.717) is 23.2 Å². The average Bonchev–Trinajstić information content (AvgIpc) is 3.00. The van der Waals surface area contributed by atoms with Crippen molar-refractivity contribution in [2.45, 2.75) is 87.9 Å². The molecule has 4 aromatic carbocycles. The summed E-state index contributed by atoms with van der Waals surface area (Å²) in [6, 6.07) is 30.4. The molecule has 0 aromatic heterocycles. The topological polar surface area (TPSA) is 47.9 Å². The summed E-state index contributed by atoms with van der Waals surface area (Å²) in [7, 11) is -2.05. The highest BCUT2D eigenvalue weighted by Gasteiger charge is 2.47. The first-order valence-corrected chi connectivity index (χ1v) is 18.3. The summed E-state index contributed by atoms with van der Waals surface area (Å²) in [5.41, 5.74) is 5.83. The first-order chi connectivity index (χ1) is 20.6. The van der Waals surface area contributed by atoms with Gasteiger partial charge in [0.1, 0.15) is 35.7 Å². The predicted octanol–water partition coefficient (Wildman–Crippen LogP) is 10.8. The summed E-state index contributed by atoms with van der Waals surface area (Å²) in [4.78, 5) is 1.09. The number of hydrogen-bond donors (Lipinski definition) is 1. The van der Waals surface area contributed by atoms with E-state index in [1.807, 2.05) is 42.1 Å². The van der Waals surface area contributed by atoms with E-state index in [2.05, 4.69) is 97.0 Å². The van der Waals surface area contributed by atoms with Gasteiger partial charge in [-0.25, -0.2) is 0 Å². The van der Waals surface area contributed by atoms with Crippen LogP contribution in [0.2, 0.25) is 16.6 Å². The molecule has 0 radical (unpaired) electrons. The Labute approximate surface area is 262 Å². The Morgan fingerprint density at radius 1 is 0.767 bits per heavy atom. The molecular formula is C37H44O4SSi. The van der Waals surface area contributed by atoms with E-state index in [1.165, 1.54) is 5.56 Å². The molecule has 0 unspecified atom stereocenters. The number of hydrogen-bond acceptors (Lipinski definition) is 5. The van der Waals surface area contributed by atoms with Crippen molar-refractivity contribution in [3.8, 4) is 23.0 Å². The normalized spacial score (nSPS) is 16.7. The smallest absolute Gasteiger partial charge is 0.258 e. The second kappa shape index (κ2) is 13.1. The molecule has 4 nitrogen and oxygen atoms in total. The lowest BCUT2D eigenvalue weighted by molar-refractivity contribution is 0.187. The van der Waals surface area contributed by atoms with Crippen molar-refractivity contribution < 1.29 is 19.0 Å². The molecule has 6 heteroatoms. The average molecular weight is 613 g/mol. The van der Waals surface area contributed by atoms with Crippen LogP contribution in [0.4, 0.5) is 0 Å². The van der Waals surface area contributed by atoms with Crippen LogP contribution >= 0.6 is 11.8 Å². The molecule has 1 aliphatic heterocycles. The van der Waals surface area contributed by atoms with Gasteiger partial charge in [-0.3, -0.25) is 0 Å². The summed E-state index contributed by atoms with van der Waals surface area (Å²) in [6.07, 6.45) is -0.247. The standard InChI is InChI=1S/C37H44O4SSi/c1-24(2)43(25(3)4,26(5)6)41-32-19-15-30(16-20-32)37-36(29-13-17-31(38)18-14-29)40-35-27(7)33(21-22-34(35)42-37)39-23-28-11-9-8-10-12-28/h8-22,24-26,36-38H,23H2,1-7H3/t36-,37+/m1/s1. The fraction of sp³-hybridized carbons (Fsp3) is 0.351. The van der Waals surface area contributed by atoms with E-state index in [0.717, 1.165) is 38.8 Å². The van der Waals surface area contributed by atoms with Gasteiger partial charge in [0.25, 0.3) is 8.32 Å². The van der Waals surface area contributed by atoms with Crippen LogP contribution in [-0.2, 0) is 6.61 Å². The fourth-order valence-electron chi connectivity index (χ4n) is 6.60. The van der Waals surface area contributed by atoms with Gasteiger partial charge < -0.3 is 19.0 Å². The third-order valence-corrected chi connectivity index (χ3v) is 16.1. The van der Waals surface area contributed by atoms with Crippen molar-refractivity contribution in [1.29, 1.82) is 0 Å². The van der Waals surface area contributed by atoms with Crippen molar-refractivity contribution in [2.75, 3.05) is 0 Å². The molecule has 0 saturated carbocycles. The van der Waals surface area contributed by atoms with Crippen molar-refractivity contribution in [1.82, 2.24) is 0 Å². The zero-order valence-corrected chi connectivity index (χ0v) is 28.2. The first-order valence-electron chi connectivity index (χ1n) is 15.3. The lowest BCUT2D eigenvalue weighted by Crippen LogP contribution is -2.50. The molecule has 0 fully saturated rings. The number of benzene rings is 4. The number of ether oxygens (including phenoxy) is 2. The monoisotopic (exact) mass is 612 g/mol. The van der Waals surface area contributed by atoms with Gasteiger partial charge in [-0.1, -0.05) is 96.1 Å². The van der Waals surface area contributed by atoms with Gasteiger partial charge in [-0.15, -0.1) is 11.8 Å². The van der Waals surface area contributed by atoms with Crippen LogP contribution in [0.1, 0.15) is 75.2 Å². The largest absolute Gasteiger partial charge is 0.543 e. The van der Waals surface area contributed by atoms with E-state index in [4.69, 9.17) is 13.9 Å². The molecule has 0 saturated heterocycles. The van der Waals surface area contributed by atoms with E-state index >= 15 is 0 Å². The van der Waals surface area contributed by atoms with Gasteiger partial charge in [0.05, 0.1) is 10.1 Å². The maximum absolute atomic E-state index is 10.00. The summed E-state index contributed by atoms with van der Waals surface area (Å²) >= 11 is 1.81. The molecule has 0 amide bonds. The predicted molar refractivity (Wildman–Crippen MR) is 180 cm³/mol. The molecule has 4 aromatic rings. The second-order valence-electron chi connectivity index (χ2n) is 12.4. The molecule has 1 heterocycles. The highest BCUT2D eigenvalue weighted by molar-refractivity contribution is 7.99. The van der Waals surface area contributed by atoms with Crippen molar-refractivity contribution in [3.63, 3.8) is 0 Å². The molecule has 0 spiro atoms. The first kappa shape index (κ1) is 31.1. The number of rotatable bonds is 10. The summed E-state index contributed by atoms with van der Waals surface area (Å²) in [5, 5.41) is 10.0. The molecule has 2 atom stereocenters. The molecule has 0 aliphatic carbocycles. The van der Waals surface area contributed by atoms with E-state index in [9.17, 15) is 5.11 Å². The zero-order valence-electron chi connectivity index (χ0n) is 26.3. The highest BCUT2D eigenvalue weighted by atomic mass is 32.2. The second-order valence-corrected chi connectivity index (χ2v) is 19.0. The third-order valence-electron chi connectivity index (χ3n) is 8.76. The Bertz CT molecular complexity index is 1480. The third kappa shape index (κ3) is 6.46. The summed E-state index contributed by atoms with van der Waals surface area (Å²) in [6.45, 7) is 16.5. The van der Waals surface area contributed by atoms with Crippen LogP contribution in [0.3, 0.4) is 0 Å². The van der Waals surface area contributed by atoms with Crippen molar-refractivity contribution in [3.05, 3.63) is 113 Å². The van der Waals surface area contributed by atoms with E-state index in [-0.39, 0.29) is 17.1 Å². The van der Waals surface area contributed by atoms with Crippen LogP contribution < -0.4 is 13.9 Å². The van der Waals surface area contributed by atoms with Crippen molar-refractivity contribution in [2.24, 2.45) is 0 Å². The minimum absolute atomic E-state index is 0.0175. The zero-order chi connectivity index (χ0) is 30.7. The highest BCUT2D eigenvalue weighted by Crippen LogP contribution is 2.55. The maximum atomic E-state index is 10.00. The lowest BCUT2D eigenvalue weighted by atomic mass is 9.99. The van der Waals surface area contributed by atoms with Crippen LogP contribution in [0.25, 0.3) is 0 Å². The Morgan fingerprint density at radius 2 is 1.37 bits per heavy atom. The quantitative estimate of drug-likeness (QED) is 0.181. The maximum Gasteiger partial charge on any atom is 0.258 e. The Kier molecular flexibility index (Phi) is 9.47. The van der Waals surface area contributed by atoms with Crippen LogP contribution in [0.15, 0.2) is 95.9 Å². The van der Waals surface area contributed by atoms with Gasteiger partial charge in [-0.05, 0) is 76.6 Å².